The Hall–Kier alpha value is -3.21. The fourth-order valence-corrected chi connectivity index (χ4v) is 4.67. The maximum absolute atomic E-state index is 13.1. The predicted molar refractivity (Wildman–Crippen MR) is 133 cm³/mol. The molecule has 11 heteroatoms. The summed E-state index contributed by atoms with van der Waals surface area (Å²) in [4.78, 5) is 61.8. The van der Waals surface area contributed by atoms with Crippen LogP contribution in [-0.4, -0.2) is 74.1 Å². The Morgan fingerprint density at radius 1 is 0.737 bits per heavy atom. The second-order valence-corrected chi connectivity index (χ2v) is 9.78. The summed E-state index contributed by atoms with van der Waals surface area (Å²) in [6.45, 7) is 10.6. The van der Waals surface area contributed by atoms with E-state index in [-0.39, 0.29) is 44.8 Å². The molecule has 0 aromatic heterocycles. The van der Waals surface area contributed by atoms with Gasteiger partial charge in [0.05, 0.1) is 31.0 Å². The van der Waals surface area contributed by atoms with Crippen molar-refractivity contribution in [1.82, 2.24) is 0 Å². The number of carbonyl (C=O) groups is 5. The number of carboxylic acid groups (broad SMARTS) is 1. The molecular formula is C27H38O11. The Morgan fingerprint density at radius 3 is 1.92 bits per heavy atom. The molecule has 0 saturated heterocycles. The van der Waals surface area contributed by atoms with Gasteiger partial charge in [-0.1, -0.05) is 31.6 Å². The molecule has 0 radical (unpaired) electrons. The Morgan fingerprint density at radius 2 is 1.32 bits per heavy atom. The first kappa shape index (κ1) is 31.0. The van der Waals surface area contributed by atoms with Crippen molar-refractivity contribution in [2.75, 3.05) is 33.0 Å². The number of aliphatic carboxylic acids is 1. The zero-order valence-electron chi connectivity index (χ0n) is 22.1. The Bertz CT molecular complexity index is 909. The molecule has 11 nitrogen and oxygen atoms in total. The third-order valence-corrected chi connectivity index (χ3v) is 6.55. The lowest BCUT2D eigenvalue weighted by molar-refractivity contribution is -0.174. The smallest absolute Gasteiger partial charge is 0.333 e. The molecule has 212 valence electrons. The molecule has 0 amide bonds. The van der Waals surface area contributed by atoms with Crippen molar-refractivity contribution >= 4 is 29.8 Å². The van der Waals surface area contributed by atoms with Gasteiger partial charge in [0.15, 0.2) is 0 Å². The van der Waals surface area contributed by atoms with Crippen LogP contribution in [0.5, 0.6) is 0 Å². The number of esters is 4. The van der Waals surface area contributed by atoms with Crippen molar-refractivity contribution in [1.29, 1.82) is 0 Å². The van der Waals surface area contributed by atoms with Crippen molar-refractivity contribution < 1.29 is 52.8 Å². The molecule has 2 rings (SSSR count). The van der Waals surface area contributed by atoms with Gasteiger partial charge in [0, 0.05) is 5.57 Å². The number of hydrogen-bond donors (Lipinski definition) is 1. The quantitative estimate of drug-likeness (QED) is 0.114. The van der Waals surface area contributed by atoms with E-state index in [1.165, 1.54) is 6.92 Å². The molecule has 5 unspecified atom stereocenters. The Kier molecular flexibility index (Phi) is 12.5. The largest absolute Gasteiger partial charge is 0.481 e. The fraction of sp³-hybridized carbons (Fsp3) is 0.667. The zero-order valence-corrected chi connectivity index (χ0v) is 22.1. The summed E-state index contributed by atoms with van der Waals surface area (Å²) in [7, 11) is 0. The van der Waals surface area contributed by atoms with Gasteiger partial charge in [0.1, 0.15) is 31.8 Å². The van der Waals surface area contributed by atoms with Crippen molar-refractivity contribution in [2.24, 2.45) is 23.7 Å². The Balaban J connectivity index is 1.97. The molecule has 38 heavy (non-hydrogen) atoms. The predicted octanol–water partition coefficient (Wildman–Crippen LogP) is 2.61. The van der Waals surface area contributed by atoms with E-state index in [0.717, 1.165) is 18.4 Å². The van der Waals surface area contributed by atoms with Crippen LogP contribution in [0.2, 0.25) is 0 Å². The SMILES string of the molecule is C=C(C)COCCOC(=O)C1CCCCC1C(=O)OC1CCC(C(=O)O)C1C(=O)OCCOC(=O)C(=C)C. The summed E-state index contributed by atoms with van der Waals surface area (Å²) in [6.07, 6.45) is 1.63. The summed E-state index contributed by atoms with van der Waals surface area (Å²) in [5, 5.41) is 9.60. The summed E-state index contributed by atoms with van der Waals surface area (Å²) < 4.78 is 26.3. The molecule has 0 bridgehead atoms. The molecule has 2 saturated carbocycles. The molecule has 2 aliphatic carbocycles. The lowest BCUT2D eigenvalue weighted by atomic mass is 9.79. The summed E-state index contributed by atoms with van der Waals surface area (Å²) in [5.74, 6) is -7.62. The van der Waals surface area contributed by atoms with Crippen LogP contribution < -0.4 is 0 Å². The van der Waals surface area contributed by atoms with Gasteiger partial charge in [0.2, 0.25) is 0 Å². The first-order valence-corrected chi connectivity index (χ1v) is 12.8. The molecule has 0 spiro atoms. The van der Waals surface area contributed by atoms with Gasteiger partial charge in [-0.05, 0) is 39.5 Å². The lowest BCUT2D eigenvalue weighted by Gasteiger charge is -2.30. The molecule has 0 aromatic rings. The van der Waals surface area contributed by atoms with Gasteiger partial charge >= 0.3 is 29.8 Å². The summed E-state index contributed by atoms with van der Waals surface area (Å²) >= 11 is 0. The molecule has 2 fully saturated rings. The van der Waals surface area contributed by atoms with Gasteiger partial charge in [-0.25, -0.2) is 4.79 Å². The summed E-state index contributed by atoms with van der Waals surface area (Å²) in [5.41, 5.74) is 1.03. The lowest BCUT2D eigenvalue weighted by Crippen LogP contribution is -2.40. The maximum atomic E-state index is 13.1. The number of hydrogen-bond acceptors (Lipinski definition) is 10. The maximum Gasteiger partial charge on any atom is 0.333 e. The number of ether oxygens (including phenoxy) is 5. The minimum atomic E-state index is -1.22. The van der Waals surface area contributed by atoms with Crippen molar-refractivity contribution in [3.8, 4) is 0 Å². The topological polar surface area (TPSA) is 152 Å². The molecule has 2 aliphatic rings. The van der Waals surface area contributed by atoms with Gasteiger partial charge in [0.25, 0.3) is 0 Å². The number of carbonyl (C=O) groups excluding carboxylic acids is 4. The number of carboxylic acids is 1. The summed E-state index contributed by atoms with van der Waals surface area (Å²) in [6, 6.07) is 0. The number of rotatable bonds is 14. The second-order valence-electron chi connectivity index (χ2n) is 9.78. The van der Waals surface area contributed by atoms with E-state index in [4.69, 9.17) is 23.7 Å². The normalized spacial score (nSPS) is 24.6. The molecule has 1 N–H and O–H groups in total. The van der Waals surface area contributed by atoms with E-state index < -0.39 is 59.6 Å². The van der Waals surface area contributed by atoms with E-state index in [1.807, 2.05) is 6.92 Å². The van der Waals surface area contributed by atoms with Crippen molar-refractivity contribution in [2.45, 2.75) is 58.5 Å². The van der Waals surface area contributed by atoms with Crippen LogP contribution in [0.1, 0.15) is 52.4 Å². The van der Waals surface area contributed by atoms with Crippen LogP contribution in [0.4, 0.5) is 0 Å². The van der Waals surface area contributed by atoms with E-state index in [1.54, 1.807) is 0 Å². The molecular weight excluding hydrogens is 500 g/mol. The molecule has 0 aromatic carbocycles. The third-order valence-electron chi connectivity index (χ3n) is 6.55. The second kappa shape index (κ2) is 15.3. The van der Waals surface area contributed by atoms with Gasteiger partial charge < -0.3 is 28.8 Å². The van der Waals surface area contributed by atoms with Crippen LogP contribution in [0, 0.1) is 23.7 Å². The standard InChI is InChI=1S/C27H38O11/c1-16(2)15-34-11-12-36-25(31)18-7-5-6-8-19(18)26(32)38-21-10-9-20(23(28)29)22(21)27(33)37-14-13-35-24(30)17(3)4/h18-22H,1,3,5-15H2,2,4H3,(H,28,29). The highest BCUT2D eigenvalue weighted by Crippen LogP contribution is 2.38. The van der Waals surface area contributed by atoms with Gasteiger partial charge in [-0.3, -0.25) is 19.2 Å². The van der Waals surface area contributed by atoms with Gasteiger partial charge in [-0.2, -0.15) is 0 Å². The van der Waals surface area contributed by atoms with Gasteiger partial charge in [-0.15, -0.1) is 0 Å². The zero-order chi connectivity index (χ0) is 28.2. The molecule has 0 aliphatic heterocycles. The van der Waals surface area contributed by atoms with Crippen LogP contribution in [0.15, 0.2) is 24.3 Å². The highest BCUT2D eigenvalue weighted by Gasteiger charge is 2.49. The average Bonchev–Trinajstić information content (AvgIpc) is 3.29. The minimum absolute atomic E-state index is 0.0445. The average molecular weight is 539 g/mol. The molecule has 0 heterocycles. The van der Waals surface area contributed by atoms with E-state index >= 15 is 0 Å². The van der Waals surface area contributed by atoms with Crippen LogP contribution in [0.25, 0.3) is 0 Å². The molecule has 5 atom stereocenters. The van der Waals surface area contributed by atoms with E-state index in [2.05, 4.69) is 13.2 Å². The van der Waals surface area contributed by atoms with E-state index in [9.17, 15) is 29.1 Å². The highest BCUT2D eigenvalue weighted by atomic mass is 16.6. The van der Waals surface area contributed by atoms with Crippen LogP contribution in [-0.2, 0) is 47.7 Å². The first-order chi connectivity index (χ1) is 18.0. The Labute approximate surface area is 222 Å². The van der Waals surface area contributed by atoms with Crippen molar-refractivity contribution in [3.05, 3.63) is 24.3 Å². The monoisotopic (exact) mass is 538 g/mol. The minimum Gasteiger partial charge on any atom is -0.481 e. The fourth-order valence-electron chi connectivity index (χ4n) is 4.67. The van der Waals surface area contributed by atoms with E-state index in [0.29, 0.717) is 19.4 Å². The third kappa shape index (κ3) is 9.27. The van der Waals surface area contributed by atoms with Crippen molar-refractivity contribution in [3.63, 3.8) is 0 Å². The highest BCUT2D eigenvalue weighted by molar-refractivity contribution is 5.87. The van der Waals surface area contributed by atoms with Crippen LogP contribution >= 0.6 is 0 Å². The first-order valence-electron chi connectivity index (χ1n) is 12.8. The van der Waals surface area contributed by atoms with Crippen LogP contribution in [0.3, 0.4) is 0 Å².